The van der Waals surface area contributed by atoms with Gasteiger partial charge in [0, 0.05) is 25.6 Å². The average molecular weight is 444 g/mol. The highest BCUT2D eigenvalue weighted by atomic mass is 16.2. The summed E-state index contributed by atoms with van der Waals surface area (Å²) in [6.07, 6.45) is 2.71. The van der Waals surface area contributed by atoms with Gasteiger partial charge in [-0.2, -0.15) is 0 Å². The lowest BCUT2D eigenvalue weighted by atomic mass is 10.0. The van der Waals surface area contributed by atoms with E-state index in [2.05, 4.69) is 10.6 Å². The van der Waals surface area contributed by atoms with Gasteiger partial charge in [-0.1, -0.05) is 60.7 Å². The lowest BCUT2D eigenvalue weighted by Gasteiger charge is -2.29. The Morgan fingerprint density at radius 1 is 1.00 bits per heavy atom. The molecule has 3 amide bonds. The highest BCUT2D eigenvalue weighted by Gasteiger charge is 2.31. The van der Waals surface area contributed by atoms with Crippen molar-refractivity contribution in [3.8, 4) is 0 Å². The van der Waals surface area contributed by atoms with Crippen molar-refractivity contribution in [3.05, 3.63) is 83.9 Å². The van der Waals surface area contributed by atoms with E-state index in [9.17, 15) is 14.4 Å². The minimum Gasteiger partial charge on any atom is -0.354 e. The van der Waals surface area contributed by atoms with Crippen LogP contribution in [0.1, 0.15) is 35.2 Å². The fourth-order valence-corrected chi connectivity index (χ4v) is 4.26. The maximum Gasteiger partial charge on any atom is 0.254 e. The first kappa shape index (κ1) is 22.5. The molecule has 1 aliphatic heterocycles. The van der Waals surface area contributed by atoms with Gasteiger partial charge in [0.15, 0.2) is 0 Å². The molecule has 0 bridgehead atoms. The van der Waals surface area contributed by atoms with E-state index in [4.69, 9.17) is 0 Å². The van der Waals surface area contributed by atoms with Crippen LogP contribution in [0.2, 0.25) is 0 Å². The number of carbonyl (C=O) groups is 3. The monoisotopic (exact) mass is 443 g/mol. The number of benzene rings is 3. The quantitative estimate of drug-likeness (QED) is 0.614. The molecule has 3 aromatic carbocycles. The SMILES string of the molecule is CN(C(=O)c1ccc2ccccc2c1)[C@@H](Cc1ccccc1)C(=O)N[C@H]1CCCCNC1=O. The van der Waals surface area contributed by atoms with Crippen molar-refractivity contribution in [3.63, 3.8) is 0 Å². The Kier molecular flexibility index (Phi) is 7.03. The van der Waals surface area contributed by atoms with Crippen molar-refractivity contribution in [1.29, 1.82) is 0 Å². The fourth-order valence-electron chi connectivity index (χ4n) is 4.26. The zero-order valence-electron chi connectivity index (χ0n) is 18.8. The Balaban J connectivity index is 1.58. The maximum atomic E-state index is 13.4. The summed E-state index contributed by atoms with van der Waals surface area (Å²) in [5.41, 5.74) is 1.47. The van der Waals surface area contributed by atoms with Crippen LogP contribution in [0.3, 0.4) is 0 Å². The number of hydrogen-bond acceptors (Lipinski definition) is 3. The Bertz CT molecular complexity index is 1150. The van der Waals surface area contributed by atoms with Crippen LogP contribution in [-0.4, -0.2) is 48.3 Å². The van der Waals surface area contributed by atoms with Gasteiger partial charge >= 0.3 is 0 Å². The van der Waals surface area contributed by atoms with Gasteiger partial charge in [-0.05, 0) is 47.7 Å². The molecule has 1 fully saturated rings. The highest BCUT2D eigenvalue weighted by Crippen LogP contribution is 2.19. The third kappa shape index (κ3) is 5.40. The van der Waals surface area contributed by atoms with Gasteiger partial charge in [0.25, 0.3) is 5.91 Å². The summed E-state index contributed by atoms with van der Waals surface area (Å²) in [5, 5.41) is 7.77. The average Bonchev–Trinajstić information content (AvgIpc) is 3.05. The second-order valence-corrected chi connectivity index (χ2v) is 8.53. The van der Waals surface area contributed by atoms with E-state index < -0.39 is 12.1 Å². The van der Waals surface area contributed by atoms with E-state index in [0.717, 1.165) is 29.2 Å². The summed E-state index contributed by atoms with van der Waals surface area (Å²) in [6, 6.07) is 21.7. The number of nitrogens with one attached hydrogen (secondary N) is 2. The van der Waals surface area contributed by atoms with Gasteiger partial charge in [0.1, 0.15) is 12.1 Å². The molecule has 0 radical (unpaired) electrons. The van der Waals surface area contributed by atoms with E-state index >= 15 is 0 Å². The first-order chi connectivity index (χ1) is 16.0. The summed E-state index contributed by atoms with van der Waals surface area (Å²) < 4.78 is 0. The normalized spacial score (nSPS) is 17.0. The number of carbonyl (C=O) groups excluding carboxylic acids is 3. The van der Waals surface area contributed by atoms with E-state index in [1.165, 1.54) is 4.90 Å². The van der Waals surface area contributed by atoms with Crippen LogP contribution in [0, 0.1) is 0 Å². The lowest BCUT2D eigenvalue weighted by Crippen LogP contribution is -2.54. The van der Waals surface area contributed by atoms with E-state index in [0.29, 0.717) is 24.9 Å². The van der Waals surface area contributed by atoms with Crippen molar-refractivity contribution in [2.75, 3.05) is 13.6 Å². The lowest BCUT2D eigenvalue weighted by molar-refractivity contribution is -0.131. The molecule has 0 unspecified atom stereocenters. The molecular weight excluding hydrogens is 414 g/mol. The molecule has 33 heavy (non-hydrogen) atoms. The first-order valence-corrected chi connectivity index (χ1v) is 11.4. The van der Waals surface area contributed by atoms with Gasteiger partial charge < -0.3 is 15.5 Å². The number of likely N-dealkylation sites (N-methyl/N-ethyl adjacent to an activating group) is 1. The molecule has 0 saturated carbocycles. The molecule has 0 aromatic heterocycles. The van der Waals surface area contributed by atoms with Crippen LogP contribution >= 0.6 is 0 Å². The zero-order valence-corrected chi connectivity index (χ0v) is 18.8. The maximum absolute atomic E-state index is 13.4. The van der Waals surface area contributed by atoms with Gasteiger partial charge in [-0.3, -0.25) is 14.4 Å². The largest absolute Gasteiger partial charge is 0.354 e. The van der Waals surface area contributed by atoms with Gasteiger partial charge in [-0.25, -0.2) is 0 Å². The molecule has 0 aliphatic carbocycles. The second kappa shape index (κ2) is 10.3. The van der Waals surface area contributed by atoms with E-state index in [1.807, 2.05) is 66.7 Å². The summed E-state index contributed by atoms with van der Waals surface area (Å²) in [4.78, 5) is 40.6. The number of amides is 3. The summed E-state index contributed by atoms with van der Waals surface area (Å²) in [6.45, 7) is 0.624. The Hall–Kier alpha value is -3.67. The van der Waals surface area contributed by atoms with Gasteiger partial charge in [-0.15, -0.1) is 0 Å². The van der Waals surface area contributed by atoms with Crippen molar-refractivity contribution in [2.24, 2.45) is 0 Å². The third-order valence-corrected chi connectivity index (χ3v) is 6.21. The summed E-state index contributed by atoms with van der Waals surface area (Å²) in [5.74, 6) is -0.720. The molecule has 0 spiro atoms. The fraction of sp³-hybridized carbons (Fsp3) is 0.296. The minimum atomic E-state index is -0.748. The number of rotatable bonds is 6. The van der Waals surface area contributed by atoms with Crippen LogP contribution in [-0.2, 0) is 16.0 Å². The van der Waals surface area contributed by atoms with Crippen molar-refractivity contribution < 1.29 is 14.4 Å². The molecular formula is C27H29N3O3. The van der Waals surface area contributed by atoms with Gasteiger partial charge in [0.05, 0.1) is 0 Å². The van der Waals surface area contributed by atoms with Crippen LogP contribution in [0.25, 0.3) is 10.8 Å². The van der Waals surface area contributed by atoms with E-state index in [1.54, 1.807) is 13.1 Å². The number of nitrogens with zero attached hydrogens (tertiary/aromatic N) is 1. The highest BCUT2D eigenvalue weighted by molar-refractivity contribution is 6.01. The molecule has 3 aromatic rings. The second-order valence-electron chi connectivity index (χ2n) is 8.53. The van der Waals surface area contributed by atoms with E-state index in [-0.39, 0.29) is 17.7 Å². The molecule has 2 N–H and O–H groups in total. The molecule has 1 heterocycles. The Morgan fingerprint density at radius 3 is 2.52 bits per heavy atom. The standard InChI is InChI=1S/C27H29N3O3/c1-30(27(33)22-15-14-20-11-5-6-12-21(20)18-22)24(17-19-9-3-2-4-10-19)26(32)29-23-13-7-8-16-28-25(23)31/h2-6,9-12,14-15,18,23-24H,7-8,13,16-17H2,1H3,(H,28,31)(H,29,32)/t23-,24-/m0/s1. The zero-order chi connectivity index (χ0) is 23.2. The van der Waals surface area contributed by atoms with Crippen LogP contribution < -0.4 is 10.6 Å². The Labute approximate surface area is 194 Å². The van der Waals surface area contributed by atoms with Crippen molar-refractivity contribution in [1.82, 2.24) is 15.5 Å². The number of fused-ring (bicyclic) bond motifs is 1. The number of hydrogen-bond donors (Lipinski definition) is 2. The predicted octanol–water partition coefficient (Wildman–Crippen LogP) is 3.31. The van der Waals surface area contributed by atoms with Crippen LogP contribution in [0.15, 0.2) is 72.8 Å². The smallest absolute Gasteiger partial charge is 0.254 e. The van der Waals surface area contributed by atoms with Gasteiger partial charge in [0.2, 0.25) is 11.8 Å². The molecule has 1 saturated heterocycles. The molecule has 1 aliphatic rings. The summed E-state index contributed by atoms with van der Waals surface area (Å²) in [7, 11) is 1.65. The third-order valence-electron chi connectivity index (χ3n) is 6.21. The predicted molar refractivity (Wildman–Crippen MR) is 129 cm³/mol. The molecule has 6 heteroatoms. The summed E-state index contributed by atoms with van der Waals surface area (Å²) >= 11 is 0. The van der Waals surface area contributed by atoms with Crippen molar-refractivity contribution in [2.45, 2.75) is 37.8 Å². The van der Waals surface area contributed by atoms with Crippen LogP contribution in [0.5, 0.6) is 0 Å². The van der Waals surface area contributed by atoms with Crippen LogP contribution in [0.4, 0.5) is 0 Å². The topological polar surface area (TPSA) is 78.5 Å². The molecule has 170 valence electrons. The molecule has 2 atom stereocenters. The molecule has 6 nitrogen and oxygen atoms in total. The molecule has 4 rings (SSSR count). The Morgan fingerprint density at radius 2 is 1.73 bits per heavy atom. The first-order valence-electron chi connectivity index (χ1n) is 11.4. The minimum absolute atomic E-state index is 0.164. The van der Waals surface area contributed by atoms with Crippen molar-refractivity contribution >= 4 is 28.5 Å².